The molecule has 0 radical (unpaired) electrons. The lowest BCUT2D eigenvalue weighted by Crippen LogP contribution is -2.37. The molecule has 1 amide bonds. The van der Waals surface area contributed by atoms with Gasteiger partial charge in [0.05, 0.1) is 6.20 Å². The predicted molar refractivity (Wildman–Crippen MR) is 85.4 cm³/mol. The van der Waals surface area contributed by atoms with Gasteiger partial charge in [0, 0.05) is 32.4 Å². The summed E-state index contributed by atoms with van der Waals surface area (Å²) < 4.78 is 7.22. The topological polar surface area (TPSA) is 73.4 Å². The van der Waals surface area contributed by atoms with Crippen molar-refractivity contribution in [2.75, 3.05) is 13.1 Å². The first-order valence-electron chi connectivity index (χ1n) is 7.95. The second kappa shape index (κ2) is 6.69. The Kier molecular flexibility index (Phi) is 5.11. The smallest absolute Gasteiger partial charge is 0.410 e. The third-order valence-electron chi connectivity index (χ3n) is 4.01. The number of likely N-dealkylation sites (tertiary alicyclic amines) is 1. The van der Waals surface area contributed by atoms with Crippen molar-refractivity contribution in [3.8, 4) is 0 Å². The van der Waals surface area contributed by atoms with Crippen LogP contribution in [0.3, 0.4) is 0 Å². The molecule has 0 saturated carbocycles. The molecule has 0 aromatic carbocycles. The summed E-state index contributed by atoms with van der Waals surface area (Å²) in [6.45, 7) is 7.09. The summed E-state index contributed by atoms with van der Waals surface area (Å²) >= 11 is 0. The van der Waals surface area contributed by atoms with E-state index >= 15 is 0 Å². The molecule has 2 heterocycles. The maximum absolute atomic E-state index is 12.1. The molecular formula is C16H28N4O2. The molecule has 124 valence electrons. The first-order chi connectivity index (χ1) is 10.2. The van der Waals surface area contributed by atoms with Crippen LogP contribution in [0.15, 0.2) is 12.4 Å². The summed E-state index contributed by atoms with van der Waals surface area (Å²) in [5, 5.41) is 4.17. The van der Waals surface area contributed by atoms with Gasteiger partial charge in [-0.2, -0.15) is 5.10 Å². The number of carbonyl (C=O) groups excluding carboxylic acids is 1. The van der Waals surface area contributed by atoms with E-state index in [9.17, 15) is 4.79 Å². The second-order valence-electron chi connectivity index (χ2n) is 7.20. The van der Waals surface area contributed by atoms with E-state index in [0.717, 1.165) is 25.8 Å². The van der Waals surface area contributed by atoms with Gasteiger partial charge in [0.1, 0.15) is 5.60 Å². The maximum atomic E-state index is 12.1. The quantitative estimate of drug-likeness (QED) is 0.922. The van der Waals surface area contributed by atoms with E-state index in [1.807, 2.05) is 40.2 Å². The first-order valence-corrected chi connectivity index (χ1v) is 7.95. The molecule has 2 rings (SSSR count). The summed E-state index contributed by atoms with van der Waals surface area (Å²) in [5.41, 5.74) is 7.08. The van der Waals surface area contributed by atoms with Crippen molar-refractivity contribution < 1.29 is 9.53 Å². The zero-order valence-corrected chi connectivity index (χ0v) is 14.1. The van der Waals surface area contributed by atoms with Crippen molar-refractivity contribution in [3.05, 3.63) is 18.0 Å². The third kappa shape index (κ3) is 4.73. The summed E-state index contributed by atoms with van der Waals surface area (Å²) in [4.78, 5) is 13.8. The largest absolute Gasteiger partial charge is 0.444 e. The van der Waals surface area contributed by atoms with Crippen LogP contribution in [0.2, 0.25) is 0 Å². The molecule has 2 atom stereocenters. The molecule has 2 N–H and O–H groups in total. The van der Waals surface area contributed by atoms with Gasteiger partial charge in [-0.1, -0.05) is 0 Å². The summed E-state index contributed by atoms with van der Waals surface area (Å²) in [6, 6.07) is 0.104. The molecule has 0 spiro atoms. The van der Waals surface area contributed by atoms with Crippen molar-refractivity contribution in [2.45, 2.75) is 51.7 Å². The molecule has 1 aromatic heterocycles. The molecule has 1 fully saturated rings. The Morgan fingerprint density at radius 2 is 2.27 bits per heavy atom. The fraction of sp³-hybridized carbons (Fsp3) is 0.750. The zero-order valence-electron chi connectivity index (χ0n) is 14.1. The number of amides is 1. The Morgan fingerprint density at radius 1 is 1.55 bits per heavy atom. The molecule has 0 aliphatic carbocycles. The molecule has 0 bridgehead atoms. The van der Waals surface area contributed by atoms with E-state index in [1.54, 1.807) is 9.58 Å². The number of carbonyl (C=O) groups is 1. The predicted octanol–water partition coefficient (Wildman–Crippen LogP) is 1.94. The standard InChI is InChI=1S/C16H28N4O2/c1-16(2,3)22-15(21)20-8-7-13(11-20)14(17)6-5-12-9-18-19(4)10-12/h9-10,13-14H,5-8,11,17H2,1-4H3. The molecule has 1 aromatic rings. The highest BCUT2D eigenvalue weighted by Crippen LogP contribution is 2.23. The molecule has 1 saturated heterocycles. The van der Waals surface area contributed by atoms with Gasteiger partial charge >= 0.3 is 6.09 Å². The van der Waals surface area contributed by atoms with Gasteiger partial charge in [0.2, 0.25) is 0 Å². The lowest BCUT2D eigenvalue weighted by Gasteiger charge is -2.25. The van der Waals surface area contributed by atoms with Crippen molar-refractivity contribution in [1.82, 2.24) is 14.7 Å². The molecule has 6 nitrogen and oxygen atoms in total. The minimum absolute atomic E-state index is 0.104. The van der Waals surface area contributed by atoms with E-state index in [1.165, 1.54) is 5.56 Å². The van der Waals surface area contributed by atoms with E-state index in [-0.39, 0.29) is 12.1 Å². The van der Waals surface area contributed by atoms with Crippen molar-refractivity contribution in [2.24, 2.45) is 18.7 Å². The third-order valence-corrected chi connectivity index (χ3v) is 4.01. The lowest BCUT2D eigenvalue weighted by atomic mass is 9.94. The average Bonchev–Trinajstić information content (AvgIpc) is 3.02. The molecule has 1 aliphatic heterocycles. The summed E-state index contributed by atoms with van der Waals surface area (Å²) in [7, 11) is 1.92. The second-order valence-corrected chi connectivity index (χ2v) is 7.20. The fourth-order valence-corrected chi connectivity index (χ4v) is 2.80. The Bertz CT molecular complexity index is 506. The number of aromatic nitrogens is 2. The van der Waals surface area contributed by atoms with Crippen LogP contribution in [0.25, 0.3) is 0 Å². The highest BCUT2D eigenvalue weighted by Gasteiger charge is 2.32. The Morgan fingerprint density at radius 3 is 2.86 bits per heavy atom. The van der Waals surface area contributed by atoms with Gasteiger partial charge in [-0.05, 0) is 51.5 Å². The van der Waals surface area contributed by atoms with E-state index in [2.05, 4.69) is 5.10 Å². The summed E-state index contributed by atoms with van der Waals surface area (Å²) in [6.07, 6.45) is 6.47. The van der Waals surface area contributed by atoms with Crippen molar-refractivity contribution >= 4 is 6.09 Å². The van der Waals surface area contributed by atoms with E-state index in [4.69, 9.17) is 10.5 Å². The van der Waals surface area contributed by atoms with Crippen LogP contribution in [0.4, 0.5) is 4.79 Å². The van der Waals surface area contributed by atoms with E-state index < -0.39 is 5.60 Å². The van der Waals surface area contributed by atoms with Gasteiger partial charge in [-0.15, -0.1) is 0 Å². The van der Waals surface area contributed by atoms with Crippen LogP contribution in [-0.2, 0) is 18.2 Å². The SMILES string of the molecule is Cn1cc(CCC(N)C2CCN(C(=O)OC(C)(C)C)C2)cn1. The number of hydrogen-bond donors (Lipinski definition) is 1. The minimum Gasteiger partial charge on any atom is -0.444 e. The number of hydrogen-bond acceptors (Lipinski definition) is 4. The lowest BCUT2D eigenvalue weighted by molar-refractivity contribution is 0.0286. The van der Waals surface area contributed by atoms with Gasteiger partial charge < -0.3 is 15.4 Å². The Labute approximate surface area is 132 Å². The monoisotopic (exact) mass is 308 g/mol. The van der Waals surface area contributed by atoms with E-state index in [0.29, 0.717) is 12.5 Å². The highest BCUT2D eigenvalue weighted by molar-refractivity contribution is 5.68. The fourth-order valence-electron chi connectivity index (χ4n) is 2.80. The number of rotatable bonds is 4. The minimum atomic E-state index is -0.447. The zero-order chi connectivity index (χ0) is 16.3. The number of nitrogens with two attached hydrogens (primary N) is 1. The summed E-state index contributed by atoms with van der Waals surface area (Å²) in [5.74, 6) is 0.351. The number of ether oxygens (including phenoxy) is 1. The maximum Gasteiger partial charge on any atom is 0.410 e. The van der Waals surface area contributed by atoms with Crippen LogP contribution in [0, 0.1) is 5.92 Å². The first kappa shape index (κ1) is 16.8. The van der Waals surface area contributed by atoms with Crippen molar-refractivity contribution in [1.29, 1.82) is 0 Å². The normalized spacial score (nSPS) is 20.2. The van der Waals surface area contributed by atoms with Crippen LogP contribution in [-0.4, -0.2) is 45.5 Å². The number of nitrogens with zero attached hydrogens (tertiary/aromatic N) is 3. The van der Waals surface area contributed by atoms with Crippen LogP contribution in [0.1, 0.15) is 39.2 Å². The van der Waals surface area contributed by atoms with Gasteiger partial charge in [-0.25, -0.2) is 4.79 Å². The van der Waals surface area contributed by atoms with Gasteiger partial charge in [0.25, 0.3) is 0 Å². The molecule has 6 heteroatoms. The molecule has 2 unspecified atom stereocenters. The average molecular weight is 308 g/mol. The van der Waals surface area contributed by atoms with Gasteiger partial charge in [0.15, 0.2) is 0 Å². The highest BCUT2D eigenvalue weighted by atomic mass is 16.6. The number of aryl methyl sites for hydroxylation is 2. The Balaban J connectivity index is 1.78. The van der Waals surface area contributed by atoms with Crippen LogP contribution >= 0.6 is 0 Å². The molecule has 1 aliphatic rings. The van der Waals surface area contributed by atoms with Crippen molar-refractivity contribution in [3.63, 3.8) is 0 Å². The van der Waals surface area contributed by atoms with Gasteiger partial charge in [-0.3, -0.25) is 4.68 Å². The Hall–Kier alpha value is -1.56. The molecular weight excluding hydrogens is 280 g/mol. The molecule has 22 heavy (non-hydrogen) atoms. The van der Waals surface area contributed by atoms with Crippen LogP contribution < -0.4 is 5.73 Å². The van der Waals surface area contributed by atoms with Crippen LogP contribution in [0.5, 0.6) is 0 Å².